The van der Waals surface area contributed by atoms with Gasteiger partial charge in [-0.3, -0.25) is 5.32 Å². The zero-order valence-corrected chi connectivity index (χ0v) is 4.89. The molecular formula is C4H4F5N. The van der Waals surface area contributed by atoms with Gasteiger partial charge in [-0.1, -0.05) is 0 Å². The number of hydrogen-bond acceptors (Lipinski definition) is 1. The molecule has 1 nitrogen and oxygen atoms in total. The minimum atomic E-state index is -4.27. The van der Waals surface area contributed by atoms with Gasteiger partial charge in [-0.05, 0) is 7.05 Å². The average Bonchev–Trinajstić information content (AvgIpc) is 1.86. The first kappa shape index (κ1) is 9.35. The summed E-state index contributed by atoms with van der Waals surface area (Å²) in [4.78, 5) is 0. The van der Waals surface area contributed by atoms with E-state index >= 15 is 0 Å². The largest absolute Gasteiger partial charge is 0.360 e. The summed E-state index contributed by atoms with van der Waals surface area (Å²) in [6.07, 6.45) is -3.01. The molecule has 0 bridgehead atoms. The topological polar surface area (TPSA) is 12.0 Å². The highest BCUT2D eigenvalue weighted by molar-refractivity contribution is 5.02. The molecule has 0 radical (unpaired) electrons. The van der Waals surface area contributed by atoms with Gasteiger partial charge in [0.15, 0.2) is 0 Å². The smallest absolute Gasteiger partial charge is 0.255 e. The van der Waals surface area contributed by atoms with E-state index in [2.05, 4.69) is 0 Å². The van der Waals surface area contributed by atoms with E-state index in [9.17, 15) is 22.0 Å². The van der Waals surface area contributed by atoms with Crippen LogP contribution in [0.3, 0.4) is 0 Å². The van der Waals surface area contributed by atoms with Crippen molar-refractivity contribution in [2.24, 2.45) is 0 Å². The number of nitrogens with one attached hydrogen (secondary N) is 1. The Hall–Kier alpha value is -0.650. The quantitative estimate of drug-likeness (QED) is 0.481. The van der Waals surface area contributed by atoms with Gasteiger partial charge in [-0.2, -0.15) is 22.0 Å². The van der Waals surface area contributed by atoms with Crippen LogP contribution in [0, 0.1) is 0 Å². The van der Waals surface area contributed by atoms with E-state index in [0.29, 0.717) is 7.05 Å². The van der Waals surface area contributed by atoms with Gasteiger partial charge in [0.25, 0.3) is 0 Å². The minimum absolute atomic E-state index is 0.669. The molecule has 0 aromatic carbocycles. The highest BCUT2D eigenvalue weighted by atomic mass is 19.3. The number of halogens is 5. The average molecular weight is 161 g/mol. The Morgan fingerprint density at radius 2 is 1.60 bits per heavy atom. The van der Waals surface area contributed by atoms with Crippen LogP contribution in [0.25, 0.3) is 0 Å². The second-order valence-corrected chi connectivity index (χ2v) is 1.40. The summed E-state index contributed by atoms with van der Waals surface area (Å²) >= 11 is 0. The zero-order chi connectivity index (χ0) is 8.36. The van der Waals surface area contributed by atoms with Gasteiger partial charge >= 0.3 is 12.1 Å². The Bertz CT molecular complexity index is 148. The van der Waals surface area contributed by atoms with E-state index in [-0.39, 0.29) is 0 Å². The fourth-order valence-electron chi connectivity index (χ4n) is 0.228. The standard InChI is InChI=1S/C4H4F5N/c1-10-4(8,9)2(5)3(6)7/h10H,1H3. The minimum Gasteiger partial charge on any atom is -0.255 e. The predicted octanol–water partition coefficient (Wildman–Crippen LogP) is 1.88. The van der Waals surface area contributed by atoms with Crippen LogP contribution < -0.4 is 5.32 Å². The maximum atomic E-state index is 11.8. The molecule has 0 aliphatic carbocycles. The predicted molar refractivity (Wildman–Crippen MR) is 24.4 cm³/mol. The first-order chi connectivity index (χ1) is 4.41. The van der Waals surface area contributed by atoms with Crippen molar-refractivity contribution in [2.75, 3.05) is 7.05 Å². The lowest BCUT2D eigenvalue weighted by atomic mass is 10.5. The molecule has 1 N–H and O–H groups in total. The summed E-state index contributed by atoms with van der Waals surface area (Å²) in [5, 5.41) is 1.08. The lowest BCUT2D eigenvalue weighted by Gasteiger charge is -2.10. The SMILES string of the molecule is CNC(F)(F)C(F)=C(F)F. The lowest BCUT2D eigenvalue weighted by molar-refractivity contribution is -0.0159. The molecule has 0 rings (SSSR count). The molecule has 0 heterocycles. The van der Waals surface area contributed by atoms with Crippen molar-refractivity contribution in [3.05, 3.63) is 11.9 Å². The van der Waals surface area contributed by atoms with Crippen molar-refractivity contribution in [1.82, 2.24) is 5.32 Å². The molecule has 0 aliphatic heterocycles. The van der Waals surface area contributed by atoms with Crippen LogP contribution in [-0.2, 0) is 0 Å². The molecule has 0 atom stereocenters. The van der Waals surface area contributed by atoms with Gasteiger partial charge in [0.05, 0.1) is 0 Å². The number of rotatable bonds is 2. The van der Waals surface area contributed by atoms with E-state index in [4.69, 9.17) is 0 Å². The summed E-state index contributed by atoms with van der Waals surface area (Å²) in [5.74, 6) is -2.74. The van der Waals surface area contributed by atoms with Crippen LogP contribution in [0.4, 0.5) is 22.0 Å². The Morgan fingerprint density at radius 3 is 1.70 bits per heavy atom. The molecule has 0 aromatic heterocycles. The fraction of sp³-hybridized carbons (Fsp3) is 0.500. The van der Waals surface area contributed by atoms with E-state index in [0.717, 1.165) is 5.32 Å². The fourth-order valence-corrected chi connectivity index (χ4v) is 0.228. The van der Waals surface area contributed by atoms with Crippen molar-refractivity contribution < 1.29 is 22.0 Å². The van der Waals surface area contributed by atoms with Gasteiger partial charge < -0.3 is 0 Å². The van der Waals surface area contributed by atoms with Crippen LogP contribution in [0.1, 0.15) is 0 Å². The molecule has 0 unspecified atom stereocenters. The van der Waals surface area contributed by atoms with E-state index < -0.39 is 18.0 Å². The van der Waals surface area contributed by atoms with Crippen LogP contribution >= 0.6 is 0 Å². The first-order valence-electron chi connectivity index (χ1n) is 2.19. The number of hydrogen-bond donors (Lipinski definition) is 1. The number of alkyl halides is 2. The summed E-state index contributed by atoms with van der Waals surface area (Å²) in [7, 11) is 0.669. The van der Waals surface area contributed by atoms with Crippen molar-refractivity contribution in [1.29, 1.82) is 0 Å². The normalized spacial score (nSPS) is 11.4. The van der Waals surface area contributed by atoms with Crippen molar-refractivity contribution in [3.8, 4) is 0 Å². The zero-order valence-electron chi connectivity index (χ0n) is 4.89. The Morgan fingerprint density at radius 1 is 1.20 bits per heavy atom. The first-order valence-corrected chi connectivity index (χ1v) is 2.19. The van der Waals surface area contributed by atoms with Gasteiger partial charge in [0.2, 0.25) is 5.83 Å². The molecular weight excluding hydrogens is 157 g/mol. The van der Waals surface area contributed by atoms with Crippen molar-refractivity contribution in [3.63, 3.8) is 0 Å². The monoisotopic (exact) mass is 161 g/mol. The molecule has 10 heavy (non-hydrogen) atoms. The van der Waals surface area contributed by atoms with Gasteiger partial charge in [-0.15, -0.1) is 0 Å². The molecule has 0 aromatic rings. The third-order valence-electron chi connectivity index (χ3n) is 0.756. The van der Waals surface area contributed by atoms with Crippen LogP contribution in [0.2, 0.25) is 0 Å². The molecule has 0 fully saturated rings. The van der Waals surface area contributed by atoms with E-state index in [1.165, 1.54) is 0 Å². The second kappa shape index (κ2) is 2.96. The summed E-state index contributed by atoms with van der Waals surface area (Å²) in [6.45, 7) is 0. The highest BCUT2D eigenvalue weighted by Gasteiger charge is 2.36. The summed E-state index contributed by atoms with van der Waals surface area (Å²) < 4.78 is 57.4. The van der Waals surface area contributed by atoms with Crippen LogP contribution in [-0.4, -0.2) is 13.1 Å². The van der Waals surface area contributed by atoms with Gasteiger partial charge in [-0.25, -0.2) is 0 Å². The highest BCUT2D eigenvalue weighted by Crippen LogP contribution is 2.25. The van der Waals surface area contributed by atoms with Gasteiger partial charge in [0.1, 0.15) is 0 Å². The van der Waals surface area contributed by atoms with Crippen molar-refractivity contribution >= 4 is 0 Å². The lowest BCUT2D eigenvalue weighted by Crippen LogP contribution is -2.34. The summed E-state index contributed by atoms with van der Waals surface area (Å²) in [5.41, 5.74) is 0. The number of likely N-dealkylation sites (N-methyl/N-ethyl adjacent to an activating group) is 1. The van der Waals surface area contributed by atoms with Gasteiger partial charge in [0, 0.05) is 0 Å². The molecule has 0 amide bonds. The van der Waals surface area contributed by atoms with Crippen molar-refractivity contribution in [2.45, 2.75) is 6.05 Å². The third kappa shape index (κ3) is 1.94. The van der Waals surface area contributed by atoms with Crippen LogP contribution in [0.15, 0.2) is 11.9 Å². The molecule has 0 saturated heterocycles. The molecule has 6 heteroatoms. The molecule has 0 aliphatic rings. The van der Waals surface area contributed by atoms with E-state index in [1.807, 2.05) is 0 Å². The second-order valence-electron chi connectivity index (χ2n) is 1.40. The molecule has 0 saturated carbocycles. The Balaban J connectivity index is 4.49. The Labute approximate surface area is 53.5 Å². The van der Waals surface area contributed by atoms with Crippen LogP contribution in [0.5, 0.6) is 0 Å². The molecule has 0 spiro atoms. The maximum absolute atomic E-state index is 11.8. The molecule has 60 valence electrons. The summed E-state index contributed by atoms with van der Waals surface area (Å²) in [6, 6.07) is -4.27. The van der Waals surface area contributed by atoms with E-state index in [1.54, 1.807) is 0 Å². The Kier molecular flexibility index (Phi) is 2.77. The maximum Gasteiger partial charge on any atom is 0.360 e. The third-order valence-corrected chi connectivity index (χ3v) is 0.756.